The van der Waals surface area contributed by atoms with Crippen LogP contribution in [0.25, 0.3) is 0 Å². The molecule has 2 unspecified atom stereocenters. The fraction of sp³-hybridized carbons (Fsp3) is 0.700. The lowest BCUT2D eigenvalue weighted by molar-refractivity contribution is 0.393. The summed E-state index contributed by atoms with van der Waals surface area (Å²) >= 11 is 0. The fourth-order valence-electron chi connectivity index (χ4n) is 1.54. The van der Waals surface area contributed by atoms with Gasteiger partial charge in [-0.2, -0.15) is 0 Å². The molecule has 1 rings (SSSR count). The highest BCUT2D eigenvalue weighted by Gasteiger charge is 2.19. The molecule has 0 heteroatoms. The number of allylic oxidation sites excluding steroid dienone is 2. The molecule has 56 valence electrons. The van der Waals surface area contributed by atoms with Crippen molar-refractivity contribution in [3.8, 4) is 0 Å². The predicted octanol–water partition coefficient (Wildman–Crippen LogP) is 3.08. The van der Waals surface area contributed by atoms with Crippen molar-refractivity contribution in [3.63, 3.8) is 0 Å². The molecule has 0 aliphatic heterocycles. The molecule has 1 aliphatic rings. The van der Waals surface area contributed by atoms with E-state index in [-0.39, 0.29) is 0 Å². The highest BCUT2D eigenvalue weighted by atomic mass is 14.2. The summed E-state index contributed by atoms with van der Waals surface area (Å²) in [5.41, 5.74) is 3.06. The zero-order chi connectivity index (χ0) is 7.72. The van der Waals surface area contributed by atoms with Crippen molar-refractivity contribution in [2.24, 2.45) is 11.8 Å². The third kappa shape index (κ3) is 1.42. The minimum atomic E-state index is 0.406. The zero-order valence-electron chi connectivity index (χ0n) is 7.15. The smallest absolute Gasteiger partial charge is 0.0286 e. The summed E-state index contributed by atoms with van der Waals surface area (Å²) in [6, 6.07) is 0. The Hall–Kier alpha value is -0.260. The molecule has 0 spiro atoms. The quantitative estimate of drug-likeness (QED) is 0.449. The van der Waals surface area contributed by atoms with E-state index in [4.69, 9.17) is 6.92 Å². The molecular weight excluding hydrogens is 120 g/mol. The van der Waals surface area contributed by atoms with Crippen molar-refractivity contribution in [2.75, 3.05) is 0 Å². The minimum absolute atomic E-state index is 0.406. The molecule has 0 bridgehead atoms. The van der Waals surface area contributed by atoms with Crippen LogP contribution in [0.4, 0.5) is 0 Å². The van der Waals surface area contributed by atoms with Crippen molar-refractivity contribution in [2.45, 2.75) is 33.6 Å². The van der Waals surface area contributed by atoms with Crippen LogP contribution in [-0.2, 0) is 0 Å². The lowest BCUT2D eigenvalue weighted by Crippen LogP contribution is -2.14. The summed E-state index contributed by atoms with van der Waals surface area (Å²) in [6.07, 6.45) is 2.31. The van der Waals surface area contributed by atoms with Crippen LogP contribution in [0, 0.1) is 18.8 Å². The third-order valence-corrected chi connectivity index (χ3v) is 2.63. The zero-order valence-corrected chi connectivity index (χ0v) is 7.15. The maximum atomic E-state index is 5.90. The highest BCUT2D eigenvalue weighted by Crippen LogP contribution is 2.32. The molecule has 0 fully saturated rings. The van der Waals surface area contributed by atoms with E-state index in [1.165, 1.54) is 12.0 Å². The predicted molar refractivity (Wildman–Crippen MR) is 44.6 cm³/mol. The monoisotopic (exact) mass is 136 g/mol. The molecule has 0 heterocycles. The van der Waals surface area contributed by atoms with Gasteiger partial charge in [0.2, 0.25) is 0 Å². The molecule has 2 radical (unpaired) electrons. The van der Waals surface area contributed by atoms with Crippen LogP contribution >= 0.6 is 0 Å². The molecule has 0 aromatic heterocycles. The third-order valence-electron chi connectivity index (χ3n) is 2.63. The lowest BCUT2D eigenvalue weighted by Gasteiger charge is -2.27. The minimum Gasteiger partial charge on any atom is -0.0741 e. The largest absolute Gasteiger partial charge is 0.0741 e. The van der Waals surface area contributed by atoms with Crippen LogP contribution in [-0.4, -0.2) is 0 Å². The van der Waals surface area contributed by atoms with Crippen molar-refractivity contribution in [3.05, 3.63) is 18.1 Å². The maximum Gasteiger partial charge on any atom is -0.0286 e. The first kappa shape index (κ1) is 7.84. The van der Waals surface area contributed by atoms with Crippen LogP contribution < -0.4 is 0 Å². The van der Waals surface area contributed by atoms with Crippen molar-refractivity contribution < 1.29 is 0 Å². The van der Waals surface area contributed by atoms with Gasteiger partial charge in [0.25, 0.3) is 0 Å². The first-order chi connectivity index (χ1) is 4.61. The van der Waals surface area contributed by atoms with Crippen molar-refractivity contribution in [1.82, 2.24) is 0 Å². The average molecular weight is 136 g/mol. The van der Waals surface area contributed by atoms with E-state index in [9.17, 15) is 0 Å². The van der Waals surface area contributed by atoms with E-state index in [0.29, 0.717) is 11.8 Å². The van der Waals surface area contributed by atoms with Crippen LogP contribution in [0.5, 0.6) is 0 Å². The van der Waals surface area contributed by atoms with Gasteiger partial charge in [-0.15, -0.1) is 0 Å². The van der Waals surface area contributed by atoms with Crippen molar-refractivity contribution >= 4 is 0 Å². The van der Waals surface area contributed by atoms with Gasteiger partial charge in [-0.25, -0.2) is 0 Å². The standard InChI is InChI=1S/C10H16/c1-7-5-9(3)10(4)6-8(7)2/h1,7-8H,5-6H2,2-4H3. The van der Waals surface area contributed by atoms with Gasteiger partial charge in [0.1, 0.15) is 0 Å². The first-order valence-electron chi connectivity index (χ1n) is 4.02. The molecule has 0 N–H and O–H groups in total. The molecule has 0 saturated heterocycles. The number of hydrogen-bond acceptors (Lipinski definition) is 0. The Balaban J connectivity index is 2.69. The van der Waals surface area contributed by atoms with E-state index in [2.05, 4.69) is 20.8 Å². The number of rotatable bonds is 0. The summed E-state index contributed by atoms with van der Waals surface area (Å²) in [5, 5.41) is 0. The van der Waals surface area contributed by atoms with Crippen LogP contribution in [0.15, 0.2) is 11.1 Å². The molecular formula is C10H16. The summed E-state index contributed by atoms with van der Waals surface area (Å²) in [4.78, 5) is 0. The second-order valence-electron chi connectivity index (χ2n) is 3.61. The molecule has 0 saturated carbocycles. The van der Waals surface area contributed by atoms with Gasteiger partial charge >= 0.3 is 0 Å². The van der Waals surface area contributed by atoms with Gasteiger partial charge in [0.15, 0.2) is 0 Å². The van der Waals surface area contributed by atoms with E-state index in [1.54, 1.807) is 5.57 Å². The van der Waals surface area contributed by atoms with Gasteiger partial charge in [-0.1, -0.05) is 18.1 Å². The van der Waals surface area contributed by atoms with Gasteiger partial charge in [0.05, 0.1) is 0 Å². The molecule has 0 nitrogen and oxygen atoms in total. The van der Waals surface area contributed by atoms with Gasteiger partial charge in [-0.05, 0) is 45.4 Å². The summed E-state index contributed by atoms with van der Waals surface area (Å²) in [5.74, 6) is 1.09. The molecule has 0 amide bonds. The molecule has 1 aliphatic carbocycles. The first-order valence-corrected chi connectivity index (χ1v) is 4.02. The van der Waals surface area contributed by atoms with Crippen LogP contribution in [0.2, 0.25) is 0 Å². The Morgan fingerprint density at radius 2 is 1.70 bits per heavy atom. The van der Waals surface area contributed by atoms with Gasteiger partial charge < -0.3 is 0 Å². The SMILES string of the molecule is [CH]C1CC(C)=C(C)CC1C. The van der Waals surface area contributed by atoms with Crippen LogP contribution in [0.3, 0.4) is 0 Å². The highest BCUT2D eigenvalue weighted by molar-refractivity contribution is 5.15. The van der Waals surface area contributed by atoms with E-state index >= 15 is 0 Å². The lowest BCUT2D eigenvalue weighted by atomic mass is 9.79. The topological polar surface area (TPSA) is 0 Å². The molecule has 10 heavy (non-hydrogen) atoms. The Bertz CT molecular complexity index is 135. The summed E-state index contributed by atoms with van der Waals surface area (Å²) in [7, 11) is 0. The van der Waals surface area contributed by atoms with E-state index in [1.807, 2.05) is 0 Å². The molecule has 0 aromatic carbocycles. The Labute approximate surface area is 64.3 Å². The van der Waals surface area contributed by atoms with E-state index < -0.39 is 0 Å². The second-order valence-corrected chi connectivity index (χ2v) is 3.61. The normalized spacial score (nSPS) is 34.8. The van der Waals surface area contributed by atoms with Crippen molar-refractivity contribution in [1.29, 1.82) is 0 Å². The van der Waals surface area contributed by atoms with Gasteiger partial charge in [0, 0.05) is 0 Å². The fourth-order valence-corrected chi connectivity index (χ4v) is 1.54. The van der Waals surface area contributed by atoms with Gasteiger partial charge in [-0.3, -0.25) is 0 Å². The molecule has 2 atom stereocenters. The Morgan fingerprint density at radius 1 is 1.20 bits per heavy atom. The number of hydrogen-bond donors (Lipinski definition) is 0. The van der Waals surface area contributed by atoms with E-state index in [0.717, 1.165) is 6.42 Å². The maximum absolute atomic E-state index is 5.90. The summed E-state index contributed by atoms with van der Waals surface area (Å²) in [6.45, 7) is 12.5. The Kier molecular flexibility index (Phi) is 2.18. The average Bonchev–Trinajstić information content (AvgIpc) is 1.84. The second kappa shape index (κ2) is 2.77. The summed E-state index contributed by atoms with van der Waals surface area (Å²) < 4.78 is 0. The van der Waals surface area contributed by atoms with Crippen LogP contribution in [0.1, 0.15) is 33.6 Å². The molecule has 0 aromatic rings. The Morgan fingerprint density at radius 3 is 2.20 bits per heavy atom.